The van der Waals surface area contributed by atoms with E-state index < -0.39 is 137 Å². The number of halogens is 1. The molecule has 4 aliphatic rings. The number of nitrogens with zero attached hydrogens (tertiary/aromatic N) is 2. The van der Waals surface area contributed by atoms with Crippen LogP contribution in [-0.4, -0.2) is 129 Å². The number of cyclic esters (lactones) is 1. The van der Waals surface area contributed by atoms with Gasteiger partial charge in [-0.25, -0.2) is 23.8 Å². The number of esters is 2. The summed E-state index contributed by atoms with van der Waals surface area (Å²) >= 11 is 0. The molecule has 4 aromatic carbocycles. The molecule has 4 heterocycles. The van der Waals surface area contributed by atoms with Crippen LogP contribution >= 0.6 is 0 Å². The van der Waals surface area contributed by atoms with Gasteiger partial charge in [0.2, 0.25) is 23.6 Å². The molecule has 0 saturated heterocycles. The van der Waals surface area contributed by atoms with Gasteiger partial charge in [0, 0.05) is 80.1 Å². The number of fused-ring (bicyclic) bond motifs is 8. The molecule has 5 atom stereocenters. The van der Waals surface area contributed by atoms with Gasteiger partial charge >= 0.3 is 24.1 Å². The largest absolute Gasteiger partial charge is 0.460 e. The monoisotopic (exact) mass is 1460 g/mol. The summed E-state index contributed by atoms with van der Waals surface area (Å²) in [5.41, 5.74) is 4.26. The number of hydrogen-bond acceptors (Lipinski definition) is 18. The highest BCUT2D eigenvalue weighted by molar-refractivity contribution is 5.97. The number of rotatable bonds is 32. The summed E-state index contributed by atoms with van der Waals surface area (Å²) in [7, 11) is 0. The van der Waals surface area contributed by atoms with Crippen LogP contribution in [0.4, 0.5) is 14.0 Å². The lowest BCUT2D eigenvalue weighted by Crippen LogP contribution is -2.44. The SMILES string of the molecule is CC[C@@]1(O)C(=O)OCc2c1cc1n(c2=O)Cc2c-1nc1cc(F)c(C)c3c1c2[C@@H](NC(=O)CCCNC(=O)CCC(=O)[C@H](Cc1ccccc1)NC(=O)CCC(=O)CNC(=O)[C@H](CC(=O)OC(C)(C)C)CC(=O)[C@H](CCCCNC(=O)OC(C)(C)C)NC(=O)OCC1c2ccccc2-c2ccccc21)CC3. The van der Waals surface area contributed by atoms with E-state index in [9.17, 15) is 62.6 Å². The van der Waals surface area contributed by atoms with Crippen molar-refractivity contribution in [2.75, 3.05) is 26.2 Å². The van der Waals surface area contributed by atoms with E-state index in [-0.39, 0.29) is 107 Å². The number of benzene rings is 4. The number of carbonyl (C=O) groups is 11. The standard InChI is InChI=1S/C80H93FN8O17/c1-9-80(102)57-39-63-72-54(42-89(63)74(98)56(57)44-103-75(80)99)71-60(30-29-49-45(2)58(81)40-62(87-72)70(49)71)85-67(94)27-19-35-82-66(93)33-31-64(91)61(36-46-20-11-10-12-21-46)86-68(95)32-28-48(90)41-84-73(97)47(38-69(96)105-78(3,4)5)37-65(92)59(26-17-18-34-83-76(100)106-79(6,7)8)88-77(101)104-43-55-52-24-15-13-22-50(52)51-23-14-16-25-53(51)55/h10-16,20-25,39-40,47,55,59-61,102H,9,17-19,26-38,41-44H2,1-8H3,(H,82,93)(H,83,100)(H,84,97)(H,85,94)(H,86,95)(H,88,101)/t47-,59-,60-,61-,80-/m0/s1. The fourth-order valence-corrected chi connectivity index (χ4v) is 14.3. The Morgan fingerprint density at radius 3 is 2.07 bits per heavy atom. The maximum atomic E-state index is 15.5. The van der Waals surface area contributed by atoms with Crippen molar-refractivity contribution in [1.29, 1.82) is 0 Å². The second-order valence-electron chi connectivity index (χ2n) is 29.6. The van der Waals surface area contributed by atoms with Crippen LogP contribution in [0.5, 0.6) is 0 Å². The van der Waals surface area contributed by atoms with Crippen LogP contribution in [0.3, 0.4) is 0 Å². The number of aliphatic hydroxyl groups is 1. The quantitative estimate of drug-likeness (QED) is 0.0117. The summed E-state index contributed by atoms with van der Waals surface area (Å²) in [5, 5.41) is 28.6. The highest BCUT2D eigenvalue weighted by Gasteiger charge is 2.46. The summed E-state index contributed by atoms with van der Waals surface area (Å²) < 4.78 is 38.9. The Kier molecular flexibility index (Phi) is 24.9. The molecule has 2 aliphatic carbocycles. The highest BCUT2D eigenvalue weighted by atomic mass is 19.1. The van der Waals surface area contributed by atoms with Crippen molar-refractivity contribution in [2.45, 2.75) is 206 Å². The molecule has 0 radical (unpaired) electrons. The molecule has 0 spiro atoms. The van der Waals surface area contributed by atoms with Crippen LogP contribution in [-0.2, 0) is 93.7 Å². The van der Waals surface area contributed by atoms with Gasteiger partial charge in [-0.3, -0.25) is 43.2 Å². The van der Waals surface area contributed by atoms with E-state index >= 15 is 4.39 Å². The molecular formula is C80H93FN8O17. The molecule has 0 saturated carbocycles. The Morgan fingerprint density at radius 2 is 1.38 bits per heavy atom. The molecule has 25 nitrogen and oxygen atoms in total. The average Bonchev–Trinajstić information content (AvgIpc) is 1.51. The van der Waals surface area contributed by atoms with E-state index in [1.807, 2.05) is 48.5 Å². The molecule has 6 aromatic rings. The number of pyridine rings is 2. The molecular weight excluding hydrogens is 1360 g/mol. The van der Waals surface area contributed by atoms with Crippen molar-refractivity contribution in [3.8, 4) is 22.5 Å². The van der Waals surface area contributed by atoms with Crippen LogP contribution in [0.15, 0.2) is 95.8 Å². The smallest absolute Gasteiger partial charge is 0.407 e. The first-order valence-electron chi connectivity index (χ1n) is 36.3. The minimum Gasteiger partial charge on any atom is -0.460 e. The number of aryl methyl sites for hydroxylation is 1. The number of aromatic nitrogens is 2. The zero-order valence-electron chi connectivity index (χ0n) is 61.1. The Hall–Kier alpha value is -10.5. The maximum absolute atomic E-state index is 15.5. The van der Waals surface area contributed by atoms with Crippen molar-refractivity contribution < 1.29 is 81.2 Å². The lowest BCUT2D eigenvalue weighted by atomic mass is 9.81. The third kappa shape index (κ3) is 18.9. The second kappa shape index (κ2) is 33.7. The minimum atomic E-state index is -2.06. The molecule has 2 aromatic heterocycles. The number of ketones is 3. The fourth-order valence-electron chi connectivity index (χ4n) is 14.3. The predicted molar refractivity (Wildman–Crippen MR) is 388 cm³/mol. The Bertz CT molecular complexity index is 4440. The number of ether oxygens (including phenoxy) is 4. The lowest BCUT2D eigenvalue weighted by Gasteiger charge is -2.31. The van der Waals surface area contributed by atoms with Crippen molar-refractivity contribution in [3.63, 3.8) is 0 Å². The fraction of sp³-hybridized carbons (Fsp3) is 0.463. The summed E-state index contributed by atoms with van der Waals surface area (Å²) in [4.78, 5) is 168. The molecule has 6 amide bonds. The number of nitrogens with one attached hydrogen (secondary N) is 6. The zero-order chi connectivity index (χ0) is 76.4. The normalized spacial score (nSPS) is 16.2. The molecule has 26 heteroatoms. The first-order chi connectivity index (χ1) is 50.4. The second-order valence-corrected chi connectivity index (χ2v) is 29.6. The van der Waals surface area contributed by atoms with Crippen LogP contribution in [0, 0.1) is 18.7 Å². The van der Waals surface area contributed by atoms with Crippen LogP contribution < -0.4 is 37.5 Å². The molecule has 106 heavy (non-hydrogen) atoms. The molecule has 10 rings (SSSR count). The van der Waals surface area contributed by atoms with E-state index in [4.69, 9.17) is 23.9 Å². The molecule has 562 valence electrons. The van der Waals surface area contributed by atoms with Crippen LogP contribution in [0.1, 0.15) is 194 Å². The Balaban J connectivity index is 0.712. The van der Waals surface area contributed by atoms with Gasteiger partial charge in [-0.2, -0.15) is 0 Å². The van der Waals surface area contributed by atoms with Gasteiger partial charge in [-0.05, 0) is 150 Å². The zero-order valence-corrected chi connectivity index (χ0v) is 61.1. The molecule has 0 unspecified atom stereocenters. The van der Waals surface area contributed by atoms with E-state index in [1.54, 1.807) is 91.8 Å². The lowest BCUT2D eigenvalue weighted by molar-refractivity contribution is -0.172. The average molecular weight is 1460 g/mol. The van der Waals surface area contributed by atoms with E-state index in [0.29, 0.717) is 70.2 Å². The minimum absolute atomic E-state index is 0.0121. The van der Waals surface area contributed by atoms with Crippen molar-refractivity contribution >= 4 is 76.0 Å². The number of amides is 6. The number of Topliss-reactive ketones (excluding diaryl/α,β-unsaturated/α-hetero) is 3. The third-order valence-electron chi connectivity index (χ3n) is 19.6. The Labute approximate surface area is 613 Å². The van der Waals surface area contributed by atoms with Crippen molar-refractivity contribution in [2.24, 2.45) is 5.92 Å². The first-order valence-corrected chi connectivity index (χ1v) is 36.3. The number of alkyl carbamates (subject to hydrolysis) is 2. The Morgan fingerprint density at radius 1 is 0.708 bits per heavy atom. The summed E-state index contributed by atoms with van der Waals surface area (Å²) in [6, 6.07) is 24.4. The van der Waals surface area contributed by atoms with Crippen molar-refractivity contribution in [3.05, 3.63) is 157 Å². The van der Waals surface area contributed by atoms with Gasteiger partial charge in [0.15, 0.2) is 23.0 Å². The topological polar surface area (TPSA) is 352 Å². The first kappa shape index (κ1) is 78.1. The molecule has 0 bridgehead atoms. The summed E-state index contributed by atoms with van der Waals surface area (Å²) in [6.45, 7) is 12.7. The van der Waals surface area contributed by atoms with Crippen LogP contribution in [0.25, 0.3) is 33.4 Å². The molecule has 0 fully saturated rings. The van der Waals surface area contributed by atoms with E-state index in [1.165, 1.54) is 10.6 Å². The number of carbonyl (C=O) groups excluding carboxylic acids is 11. The summed E-state index contributed by atoms with van der Waals surface area (Å²) in [5.74, 6) is -7.85. The number of unbranched alkanes of at least 4 members (excludes halogenated alkanes) is 1. The van der Waals surface area contributed by atoms with Gasteiger partial charge in [0.1, 0.15) is 30.2 Å². The van der Waals surface area contributed by atoms with E-state index in [2.05, 4.69) is 31.9 Å². The van der Waals surface area contributed by atoms with Crippen LogP contribution in [0.2, 0.25) is 0 Å². The highest BCUT2D eigenvalue weighted by Crippen LogP contribution is 2.47. The van der Waals surface area contributed by atoms with E-state index in [0.717, 1.165) is 27.8 Å². The van der Waals surface area contributed by atoms with Gasteiger partial charge in [-0.1, -0.05) is 85.8 Å². The third-order valence-corrected chi connectivity index (χ3v) is 19.6. The molecule has 2 aliphatic heterocycles. The van der Waals surface area contributed by atoms with Gasteiger partial charge in [-0.15, -0.1) is 0 Å². The summed E-state index contributed by atoms with van der Waals surface area (Å²) in [6.07, 6.45) is -2.25. The van der Waals surface area contributed by atoms with Gasteiger partial charge in [0.05, 0.1) is 66.0 Å². The van der Waals surface area contributed by atoms with Crippen molar-refractivity contribution in [1.82, 2.24) is 41.5 Å². The van der Waals surface area contributed by atoms with Gasteiger partial charge < -0.3 is 60.5 Å². The predicted octanol–water partition coefficient (Wildman–Crippen LogP) is 8.98. The maximum Gasteiger partial charge on any atom is 0.407 e. The molecule has 7 N–H and O–H groups in total. The number of hydrogen-bond donors (Lipinski definition) is 7. The van der Waals surface area contributed by atoms with Gasteiger partial charge in [0.25, 0.3) is 5.56 Å².